The lowest BCUT2D eigenvalue weighted by Crippen LogP contribution is -2.13. The van der Waals surface area contributed by atoms with Gasteiger partial charge in [-0.15, -0.1) is 0 Å². The van der Waals surface area contributed by atoms with Gasteiger partial charge in [-0.1, -0.05) is 30.3 Å². The minimum atomic E-state index is -0.463. The Kier molecular flexibility index (Phi) is 5.19. The molecule has 130 valence electrons. The van der Waals surface area contributed by atoms with Crippen molar-refractivity contribution in [1.29, 1.82) is 0 Å². The molecule has 0 spiro atoms. The summed E-state index contributed by atoms with van der Waals surface area (Å²) in [4.78, 5) is 26.8. The van der Waals surface area contributed by atoms with Gasteiger partial charge in [0.05, 0.1) is 4.92 Å². The first-order valence-corrected chi connectivity index (χ1v) is 7.81. The van der Waals surface area contributed by atoms with Crippen molar-refractivity contribution >= 4 is 17.3 Å². The number of nitrogens with one attached hydrogen (secondary N) is 1. The number of nitro benzene ring substituents is 1. The predicted octanol–water partition coefficient (Wildman–Crippen LogP) is 3.82. The van der Waals surface area contributed by atoms with Gasteiger partial charge in [-0.25, -0.2) is 4.98 Å². The number of anilines is 1. The lowest BCUT2D eigenvalue weighted by Gasteiger charge is -2.11. The van der Waals surface area contributed by atoms with Crippen LogP contribution < -0.4 is 10.1 Å². The molecule has 1 aromatic heterocycles. The summed E-state index contributed by atoms with van der Waals surface area (Å²) >= 11 is 0. The number of amides is 1. The first-order valence-electron chi connectivity index (χ1n) is 7.81. The molecule has 0 unspecified atom stereocenters. The van der Waals surface area contributed by atoms with Crippen LogP contribution in [0, 0.1) is 10.1 Å². The average Bonchev–Trinajstić information content (AvgIpc) is 2.68. The van der Waals surface area contributed by atoms with E-state index in [-0.39, 0.29) is 24.1 Å². The second kappa shape index (κ2) is 7.89. The highest BCUT2D eigenvalue weighted by Crippen LogP contribution is 2.23. The van der Waals surface area contributed by atoms with E-state index in [2.05, 4.69) is 10.3 Å². The maximum Gasteiger partial charge on any atom is 0.269 e. The van der Waals surface area contributed by atoms with Gasteiger partial charge in [-0.05, 0) is 29.8 Å². The Morgan fingerprint density at radius 1 is 1.08 bits per heavy atom. The number of non-ortho nitro benzene ring substituents is 1. The Morgan fingerprint density at radius 2 is 1.88 bits per heavy atom. The monoisotopic (exact) mass is 349 g/mol. The van der Waals surface area contributed by atoms with Crippen molar-refractivity contribution in [3.63, 3.8) is 0 Å². The maximum atomic E-state index is 12.3. The predicted molar refractivity (Wildman–Crippen MR) is 96.1 cm³/mol. The van der Waals surface area contributed by atoms with Crippen molar-refractivity contribution in [2.75, 3.05) is 5.32 Å². The van der Waals surface area contributed by atoms with Crippen molar-refractivity contribution in [3.05, 3.63) is 94.2 Å². The van der Waals surface area contributed by atoms with Crippen LogP contribution in [0.5, 0.6) is 5.88 Å². The van der Waals surface area contributed by atoms with Gasteiger partial charge >= 0.3 is 0 Å². The van der Waals surface area contributed by atoms with Gasteiger partial charge in [0.1, 0.15) is 12.3 Å². The number of carbonyl (C=O) groups excluding carboxylic acids is 1. The zero-order valence-corrected chi connectivity index (χ0v) is 13.7. The zero-order valence-electron chi connectivity index (χ0n) is 13.7. The largest absolute Gasteiger partial charge is 0.471 e. The van der Waals surface area contributed by atoms with E-state index in [4.69, 9.17) is 4.74 Å². The van der Waals surface area contributed by atoms with Gasteiger partial charge in [-0.2, -0.15) is 0 Å². The van der Waals surface area contributed by atoms with E-state index in [0.29, 0.717) is 16.8 Å². The van der Waals surface area contributed by atoms with Crippen LogP contribution in [-0.4, -0.2) is 15.8 Å². The van der Waals surface area contributed by atoms with Gasteiger partial charge in [0, 0.05) is 23.9 Å². The van der Waals surface area contributed by atoms with Gasteiger partial charge in [0.2, 0.25) is 5.88 Å². The van der Waals surface area contributed by atoms with Crippen LogP contribution in [0.3, 0.4) is 0 Å². The molecule has 7 heteroatoms. The van der Waals surface area contributed by atoms with E-state index in [1.54, 1.807) is 54.7 Å². The lowest BCUT2D eigenvalue weighted by molar-refractivity contribution is -0.384. The van der Waals surface area contributed by atoms with Crippen molar-refractivity contribution in [2.24, 2.45) is 0 Å². The molecule has 0 radical (unpaired) electrons. The van der Waals surface area contributed by atoms with E-state index < -0.39 is 4.92 Å². The summed E-state index contributed by atoms with van der Waals surface area (Å²) in [7, 11) is 0. The second-order valence-electron chi connectivity index (χ2n) is 5.39. The number of nitrogens with zero attached hydrogens (tertiary/aromatic N) is 2. The SMILES string of the molecule is O=C(Nc1cccnc1OCc1cccc([N+](=O)[O-])c1)c1ccccc1. The topological polar surface area (TPSA) is 94.4 Å². The Hall–Kier alpha value is -3.74. The highest BCUT2D eigenvalue weighted by atomic mass is 16.6. The van der Waals surface area contributed by atoms with Gasteiger partial charge in [-0.3, -0.25) is 14.9 Å². The van der Waals surface area contributed by atoms with Crippen LogP contribution in [0.15, 0.2) is 72.9 Å². The number of hydrogen-bond donors (Lipinski definition) is 1. The summed E-state index contributed by atoms with van der Waals surface area (Å²) in [6.07, 6.45) is 1.54. The molecule has 26 heavy (non-hydrogen) atoms. The molecule has 0 bridgehead atoms. The highest BCUT2D eigenvalue weighted by Gasteiger charge is 2.11. The molecule has 1 N–H and O–H groups in total. The molecule has 7 nitrogen and oxygen atoms in total. The third-order valence-electron chi connectivity index (χ3n) is 3.55. The summed E-state index contributed by atoms with van der Waals surface area (Å²) in [5, 5.41) is 13.6. The lowest BCUT2D eigenvalue weighted by atomic mass is 10.2. The van der Waals surface area contributed by atoms with Crippen LogP contribution in [0.25, 0.3) is 0 Å². The van der Waals surface area contributed by atoms with Crippen LogP contribution in [0.2, 0.25) is 0 Å². The number of carbonyl (C=O) groups is 1. The number of benzene rings is 2. The molecular formula is C19H15N3O4. The molecular weight excluding hydrogens is 334 g/mol. The van der Waals surface area contributed by atoms with Crippen LogP contribution >= 0.6 is 0 Å². The fourth-order valence-electron chi connectivity index (χ4n) is 2.30. The van der Waals surface area contributed by atoms with Gasteiger partial charge in [0.15, 0.2) is 0 Å². The number of aromatic nitrogens is 1. The molecule has 2 aromatic carbocycles. The summed E-state index contributed by atoms with van der Waals surface area (Å²) in [6.45, 7) is 0.0902. The maximum absolute atomic E-state index is 12.3. The van der Waals surface area contributed by atoms with E-state index in [1.165, 1.54) is 12.1 Å². The molecule has 0 aliphatic carbocycles. The zero-order chi connectivity index (χ0) is 18.4. The molecule has 1 amide bonds. The Labute approximate surface area is 149 Å². The Balaban J connectivity index is 1.72. The molecule has 0 aliphatic heterocycles. The minimum Gasteiger partial charge on any atom is -0.471 e. The number of hydrogen-bond acceptors (Lipinski definition) is 5. The summed E-state index contributed by atoms with van der Waals surface area (Å²) in [5.41, 5.74) is 1.56. The van der Waals surface area contributed by atoms with Gasteiger partial charge in [0.25, 0.3) is 11.6 Å². The number of nitro groups is 1. The first-order chi connectivity index (χ1) is 12.6. The molecule has 0 saturated carbocycles. The Bertz CT molecular complexity index is 929. The molecule has 3 rings (SSSR count). The third-order valence-corrected chi connectivity index (χ3v) is 3.55. The first kappa shape index (κ1) is 17.1. The van der Waals surface area contributed by atoms with Gasteiger partial charge < -0.3 is 10.1 Å². The van der Waals surface area contributed by atoms with Crippen LogP contribution in [-0.2, 0) is 6.61 Å². The minimum absolute atomic E-state index is 0.00951. The standard InChI is InChI=1S/C19H15N3O4/c23-18(15-7-2-1-3-8-15)21-17-10-5-11-20-19(17)26-13-14-6-4-9-16(12-14)22(24)25/h1-12H,13H2,(H,21,23). The average molecular weight is 349 g/mol. The highest BCUT2D eigenvalue weighted by molar-refractivity contribution is 6.04. The Morgan fingerprint density at radius 3 is 2.65 bits per heavy atom. The summed E-state index contributed by atoms with van der Waals surface area (Å²) in [5.74, 6) is -0.0397. The van der Waals surface area contributed by atoms with E-state index in [0.717, 1.165) is 0 Å². The van der Waals surface area contributed by atoms with Crippen molar-refractivity contribution in [2.45, 2.75) is 6.61 Å². The molecule has 3 aromatic rings. The van der Waals surface area contributed by atoms with E-state index >= 15 is 0 Å². The van der Waals surface area contributed by atoms with E-state index in [9.17, 15) is 14.9 Å². The fourth-order valence-corrected chi connectivity index (χ4v) is 2.30. The number of ether oxygens (including phenoxy) is 1. The molecule has 0 aliphatic rings. The second-order valence-corrected chi connectivity index (χ2v) is 5.39. The number of pyridine rings is 1. The normalized spacial score (nSPS) is 10.2. The van der Waals surface area contributed by atoms with Crippen molar-refractivity contribution < 1.29 is 14.5 Å². The number of rotatable bonds is 6. The quantitative estimate of drug-likeness (QED) is 0.539. The molecule has 0 saturated heterocycles. The third kappa shape index (κ3) is 4.21. The van der Waals surface area contributed by atoms with Crippen molar-refractivity contribution in [3.8, 4) is 5.88 Å². The van der Waals surface area contributed by atoms with Crippen molar-refractivity contribution in [1.82, 2.24) is 4.98 Å². The summed E-state index contributed by atoms with van der Waals surface area (Å²) in [6, 6.07) is 18.3. The summed E-state index contributed by atoms with van der Waals surface area (Å²) < 4.78 is 5.65. The molecule has 1 heterocycles. The fraction of sp³-hybridized carbons (Fsp3) is 0.0526. The van der Waals surface area contributed by atoms with Crippen LogP contribution in [0.4, 0.5) is 11.4 Å². The molecule has 0 atom stereocenters. The van der Waals surface area contributed by atoms with Crippen LogP contribution in [0.1, 0.15) is 15.9 Å². The smallest absolute Gasteiger partial charge is 0.269 e. The molecule has 0 fully saturated rings. The van der Waals surface area contributed by atoms with E-state index in [1.807, 2.05) is 6.07 Å².